The molecule has 0 spiro atoms. The van der Waals surface area contributed by atoms with Crippen LogP contribution in [0.15, 0.2) is 65.4 Å². The molecule has 0 radical (unpaired) electrons. The first-order valence-corrected chi connectivity index (χ1v) is 10.2. The number of hydrogen-bond acceptors (Lipinski definition) is 4. The summed E-state index contributed by atoms with van der Waals surface area (Å²) in [6.07, 6.45) is 0.461. The number of carbonyl (C=O) groups excluding carboxylic acids is 2. The summed E-state index contributed by atoms with van der Waals surface area (Å²) in [5.74, 6) is -0.466. The van der Waals surface area contributed by atoms with Gasteiger partial charge in [0.15, 0.2) is 0 Å². The predicted molar refractivity (Wildman–Crippen MR) is 112 cm³/mol. The van der Waals surface area contributed by atoms with Crippen LogP contribution < -0.4 is 15.4 Å². The fraction of sp³-hybridized carbons (Fsp3) is 0.182. The van der Waals surface area contributed by atoms with Gasteiger partial charge in [-0.1, -0.05) is 30.3 Å². The number of thiophene rings is 1. The average Bonchev–Trinajstić information content (AvgIpc) is 3.25. The lowest BCUT2D eigenvalue weighted by molar-refractivity contribution is -0.116. The van der Waals surface area contributed by atoms with E-state index in [0.717, 1.165) is 5.56 Å². The zero-order valence-electron chi connectivity index (χ0n) is 15.9. The van der Waals surface area contributed by atoms with E-state index in [1.54, 1.807) is 22.9 Å². The fourth-order valence-corrected chi connectivity index (χ4v) is 3.47. The Morgan fingerprint density at radius 1 is 1.07 bits per heavy atom. The van der Waals surface area contributed by atoms with Gasteiger partial charge in [0.2, 0.25) is 5.91 Å². The van der Waals surface area contributed by atoms with Gasteiger partial charge in [0.1, 0.15) is 5.75 Å². The zero-order chi connectivity index (χ0) is 21.3. The molecule has 0 bridgehead atoms. The van der Waals surface area contributed by atoms with E-state index in [1.807, 2.05) is 30.3 Å². The molecule has 8 heteroatoms. The Hall–Kier alpha value is -3.26. The van der Waals surface area contributed by atoms with Crippen LogP contribution in [0.1, 0.15) is 27.9 Å². The Labute approximate surface area is 176 Å². The number of anilines is 1. The van der Waals surface area contributed by atoms with Crippen LogP contribution in [0.25, 0.3) is 0 Å². The second-order valence-corrected chi connectivity index (χ2v) is 7.21. The molecule has 2 aromatic carbocycles. The molecule has 1 aromatic heterocycles. The van der Waals surface area contributed by atoms with Gasteiger partial charge in [-0.3, -0.25) is 9.59 Å². The van der Waals surface area contributed by atoms with Gasteiger partial charge in [0.25, 0.3) is 5.91 Å². The highest BCUT2D eigenvalue weighted by atomic mass is 32.1. The van der Waals surface area contributed by atoms with Crippen LogP contribution in [0.4, 0.5) is 14.5 Å². The number of alkyl halides is 2. The van der Waals surface area contributed by atoms with Crippen molar-refractivity contribution in [2.45, 2.75) is 19.5 Å². The lowest BCUT2D eigenvalue weighted by Crippen LogP contribution is -2.27. The van der Waals surface area contributed by atoms with Crippen molar-refractivity contribution < 1.29 is 23.1 Å². The summed E-state index contributed by atoms with van der Waals surface area (Å²) in [6, 6.07) is 15.6. The maximum atomic E-state index is 12.7. The molecule has 5 nitrogen and oxygen atoms in total. The van der Waals surface area contributed by atoms with Crippen LogP contribution in [0.5, 0.6) is 5.75 Å². The SMILES string of the molecule is O=C(CCNC(=O)c1ccsc1)Nc1ccc(OC(F)F)c(Cc2ccccc2)c1. The standard InChI is InChI=1S/C22H20F2N2O3S/c23-22(24)29-19-7-6-18(13-17(19)12-15-4-2-1-3-5-15)26-20(27)8-10-25-21(28)16-9-11-30-14-16/h1-7,9,11,13-14,22H,8,10,12H2,(H,25,28)(H,26,27). The van der Waals surface area contributed by atoms with Gasteiger partial charge in [0.05, 0.1) is 0 Å². The Bertz CT molecular complexity index is 979. The number of hydrogen-bond donors (Lipinski definition) is 2. The molecule has 0 aliphatic carbocycles. The smallest absolute Gasteiger partial charge is 0.387 e. The highest BCUT2D eigenvalue weighted by Crippen LogP contribution is 2.27. The van der Waals surface area contributed by atoms with E-state index in [9.17, 15) is 18.4 Å². The number of halogens is 2. The second-order valence-electron chi connectivity index (χ2n) is 6.43. The lowest BCUT2D eigenvalue weighted by atomic mass is 10.0. The van der Waals surface area contributed by atoms with Crippen molar-refractivity contribution in [3.05, 3.63) is 82.0 Å². The largest absolute Gasteiger partial charge is 0.435 e. The molecule has 3 rings (SSSR count). The van der Waals surface area contributed by atoms with Crippen molar-refractivity contribution in [3.8, 4) is 5.75 Å². The summed E-state index contributed by atoms with van der Waals surface area (Å²) < 4.78 is 30.1. The van der Waals surface area contributed by atoms with Crippen LogP contribution in [-0.2, 0) is 11.2 Å². The second kappa shape index (κ2) is 10.5. The minimum atomic E-state index is -2.94. The van der Waals surface area contributed by atoms with Crippen LogP contribution in [0, 0.1) is 0 Å². The molecule has 0 saturated heterocycles. The molecule has 30 heavy (non-hydrogen) atoms. The molecular formula is C22H20F2N2O3S. The molecule has 0 aliphatic heterocycles. The van der Waals surface area contributed by atoms with E-state index < -0.39 is 6.61 Å². The number of carbonyl (C=O) groups is 2. The van der Waals surface area contributed by atoms with E-state index in [0.29, 0.717) is 23.2 Å². The van der Waals surface area contributed by atoms with Crippen molar-refractivity contribution >= 4 is 28.8 Å². The Morgan fingerprint density at radius 2 is 1.87 bits per heavy atom. The van der Waals surface area contributed by atoms with Gasteiger partial charge in [-0.15, -0.1) is 0 Å². The molecular weight excluding hydrogens is 410 g/mol. The Balaban J connectivity index is 1.61. The first kappa shape index (κ1) is 21.4. The maximum Gasteiger partial charge on any atom is 0.387 e. The zero-order valence-corrected chi connectivity index (χ0v) is 16.8. The van der Waals surface area contributed by atoms with E-state index in [4.69, 9.17) is 0 Å². The van der Waals surface area contributed by atoms with Gasteiger partial charge in [-0.2, -0.15) is 20.1 Å². The topological polar surface area (TPSA) is 67.4 Å². The molecule has 2 amide bonds. The quantitative estimate of drug-likeness (QED) is 0.517. The molecule has 0 unspecified atom stereocenters. The van der Waals surface area contributed by atoms with Crippen LogP contribution in [0.2, 0.25) is 0 Å². The summed E-state index contributed by atoms with van der Waals surface area (Å²) in [5.41, 5.74) is 2.48. The first-order chi connectivity index (χ1) is 14.5. The average molecular weight is 430 g/mol. The third kappa shape index (κ3) is 6.38. The summed E-state index contributed by atoms with van der Waals surface area (Å²) in [4.78, 5) is 24.1. The molecule has 0 aliphatic rings. The monoisotopic (exact) mass is 430 g/mol. The number of benzene rings is 2. The van der Waals surface area contributed by atoms with Crippen molar-refractivity contribution in [2.24, 2.45) is 0 Å². The van der Waals surface area contributed by atoms with E-state index in [-0.39, 0.29) is 30.5 Å². The Kier molecular flexibility index (Phi) is 7.51. The van der Waals surface area contributed by atoms with E-state index in [2.05, 4.69) is 15.4 Å². The highest BCUT2D eigenvalue weighted by molar-refractivity contribution is 7.08. The highest BCUT2D eigenvalue weighted by Gasteiger charge is 2.13. The summed E-state index contributed by atoms with van der Waals surface area (Å²) in [7, 11) is 0. The molecule has 0 fully saturated rings. The summed E-state index contributed by atoms with van der Waals surface area (Å²) >= 11 is 1.42. The summed E-state index contributed by atoms with van der Waals surface area (Å²) in [5, 5.41) is 8.94. The maximum absolute atomic E-state index is 12.7. The van der Waals surface area contributed by atoms with Gasteiger partial charge >= 0.3 is 6.61 Å². The Morgan fingerprint density at radius 3 is 2.57 bits per heavy atom. The molecule has 0 atom stereocenters. The molecule has 3 aromatic rings. The molecule has 2 N–H and O–H groups in total. The third-order valence-electron chi connectivity index (χ3n) is 4.22. The molecule has 156 valence electrons. The van der Waals surface area contributed by atoms with Crippen molar-refractivity contribution in [3.63, 3.8) is 0 Å². The van der Waals surface area contributed by atoms with Crippen molar-refractivity contribution in [2.75, 3.05) is 11.9 Å². The molecule has 1 heterocycles. The number of nitrogens with one attached hydrogen (secondary N) is 2. The fourth-order valence-electron chi connectivity index (χ4n) is 2.83. The van der Waals surface area contributed by atoms with Crippen LogP contribution >= 0.6 is 11.3 Å². The number of rotatable bonds is 9. The van der Waals surface area contributed by atoms with Gasteiger partial charge in [-0.25, -0.2) is 0 Å². The normalized spacial score (nSPS) is 10.6. The van der Waals surface area contributed by atoms with Crippen LogP contribution in [0.3, 0.4) is 0 Å². The lowest BCUT2D eigenvalue weighted by Gasteiger charge is -2.13. The minimum absolute atomic E-state index is 0.0647. The van der Waals surface area contributed by atoms with Gasteiger partial charge in [-0.05, 0) is 35.2 Å². The van der Waals surface area contributed by atoms with Crippen molar-refractivity contribution in [1.82, 2.24) is 5.32 Å². The van der Waals surface area contributed by atoms with E-state index >= 15 is 0 Å². The van der Waals surface area contributed by atoms with Gasteiger partial charge < -0.3 is 15.4 Å². The number of amides is 2. The van der Waals surface area contributed by atoms with Crippen molar-refractivity contribution in [1.29, 1.82) is 0 Å². The summed E-state index contributed by atoms with van der Waals surface area (Å²) in [6.45, 7) is -2.75. The molecule has 0 saturated carbocycles. The number of ether oxygens (including phenoxy) is 1. The third-order valence-corrected chi connectivity index (χ3v) is 4.90. The first-order valence-electron chi connectivity index (χ1n) is 9.23. The predicted octanol–water partition coefficient (Wildman–Crippen LogP) is 4.70. The van der Waals surface area contributed by atoms with E-state index in [1.165, 1.54) is 23.5 Å². The minimum Gasteiger partial charge on any atom is -0.435 e. The van der Waals surface area contributed by atoms with Gasteiger partial charge in [0, 0.05) is 41.6 Å². The van der Waals surface area contributed by atoms with Crippen LogP contribution in [-0.4, -0.2) is 25.0 Å².